The van der Waals surface area contributed by atoms with E-state index in [1.807, 2.05) is 0 Å². The second-order valence-corrected chi connectivity index (χ2v) is 4.95. The van der Waals surface area contributed by atoms with Crippen molar-refractivity contribution in [2.45, 2.75) is 57.7 Å². The van der Waals surface area contributed by atoms with Crippen LogP contribution in [-0.4, -0.2) is 4.83 Å². The molecule has 1 heteroatoms. The third-order valence-corrected chi connectivity index (χ3v) is 3.20. The van der Waals surface area contributed by atoms with Gasteiger partial charge in [0, 0.05) is 4.83 Å². The first-order chi connectivity index (χ1) is 5.18. The molecular formula is C10H21Br. The molecule has 11 heavy (non-hydrogen) atoms. The number of halogens is 1. The first-order valence-electron chi connectivity index (χ1n) is 4.82. The summed E-state index contributed by atoms with van der Waals surface area (Å²) in [5.74, 6) is 0.840. The lowest BCUT2D eigenvalue weighted by Crippen LogP contribution is -2.05. The fourth-order valence-corrected chi connectivity index (χ4v) is 1.39. The van der Waals surface area contributed by atoms with Crippen LogP contribution in [0.1, 0.15) is 52.9 Å². The molecule has 0 aliphatic rings. The van der Waals surface area contributed by atoms with E-state index in [2.05, 4.69) is 36.7 Å². The van der Waals surface area contributed by atoms with Gasteiger partial charge in [0.1, 0.15) is 0 Å². The van der Waals surface area contributed by atoms with Gasteiger partial charge in [-0.2, -0.15) is 0 Å². The van der Waals surface area contributed by atoms with E-state index in [0.29, 0.717) is 4.83 Å². The molecule has 0 aliphatic heterocycles. The molecule has 0 nitrogen and oxygen atoms in total. The van der Waals surface area contributed by atoms with Crippen molar-refractivity contribution < 1.29 is 0 Å². The van der Waals surface area contributed by atoms with Crippen molar-refractivity contribution in [1.29, 1.82) is 0 Å². The molecule has 0 aliphatic carbocycles. The summed E-state index contributed by atoms with van der Waals surface area (Å²) in [6.07, 6.45) is 6.96. The number of unbranched alkanes of at least 4 members (excludes halogenated alkanes) is 3. The van der Waals surface area contributed by atoms with Crippen molar-refractivity contribution in [2.75, 3.05) is 0 Å². The Morgan fingerprint density at radius 1 is 1.09 bits per heavy atom. The monoisotopic (exact) mass is 220 g/mol. The molecule has 2 atom stereocenters. The lowest BCUT2D eigenvalue weighted by atomic mass is 10.0. The Bertz CT molecular complexity index is 78.9. The molecule has 0 spiro atoms. The van der Waals surface area contributed by atoms with E-state index >= 15 is 0 Å². The van der Waals surface area contributed by atoms with Crippen molar-refractivity contribution in [3.8, 4) is 0 Å². The summed E-state index contributed by atoms with van der Waals surface area (Å²) < 4.78 is 0. The van der Waals surface area contributed by atoms with Crippen molar-refractivity contribution >= 4 is 15.9 Å². The van der Waals surface area contributed by atoms with Gasteiger partial charge < -0.3 is 0 Å². The van der Waals surface area contributed by atoms with Crippen LogP contribution in [0.15, 0.2) is 0 Å². The Balaban J connectivity index is 3.10. The van der Waals surface area contributed by atoms with Gasteiger partial charge in [0.15, 0.2) is 0 Å². The van der Waals surface area contributed by atoms with Crippen LogP contribution in [-0.2, 0) is 0 Å². The molecule has 0 heterocycles. The van der Waals surface area contributed by atoms with Gasteiger partial charge in [-0.3, -0.25) is 0 Å². The Kier molecular flexibility index (Phi) is 7.46. The normalized spacial score (nSPS) is 16.4. The van der Waals surface area contributed by atoms with Crippen molar-refractivity contribution in [3.05, 3.63) is 0 Å². The van der Waals surface area contributed by atoms with Gasteiger partial charge >= 0.3 is 0 Å². The zero-order chi connectivity index (χ0) is 8.69. The van der Waals surface area contributed by atoms with Gasteiger partial charge in [0.2, 0.25) is 0 Å². The first kappa shape index (κ1) is 11.5. The average Bonchev–Trinajstić information content (AvgIpc) is 1.97. The Morgan fingerprint density at radius 3 is 2.18 bits per heavy atom. The van der Waals surface area contributed by atoms with E-state index in [4.69, 9.17) is 0 Å². The van der Waals surface area contributed by atoms with Crippen LogP contribution < -0.4 is 0 Å². The molecule has 0 amide bonds. The molecule has 2 unspecified atom stereocenters. The molecule has 0 fully saturated rings. The van der Waals surface area contributed by atoms with Gasteiger partial charge in [-0.1, -0.05) is 62.4 Å². The van der Waals surface area contributed by atoms with Crippen molar-refractivity contribution in [2.24, 2.45) is 5.92 Å². The minimum absolute atomic E-state index is 0.684. The highest BCUT2D eigenvalue weighted by molar-refractivity contribution is 9.09. The lowest BCUT2D eigenvalue weighted by Gasteiger charge is -2.12. The summed E-state index contributed by atoms with van der Waals surface area (Å²) in [5, 5.41) is 0. The largest absolute Gasteiger partial charge is 0.0891 e. The summed E-state index contributed by atoms with van der Waals surface area (Å²) >= 11 is 3.61. The molecule has 68 valence electrons. The maximum Gasteiger partial charge on any atom is 0.0143 e. The smallest absolute Gasteiger partial charge is 0.0143 e. The van der Waals surface area contributed by atoms with E-state index in [1.54, 1.807) is 0 Å². The van der Waals surface area contributed by atoms with E-state index < -0.39 is 0 Å². The maximum atomic E-state index is 3.61. The van der Waals surface area contributed by atoms with E-state index in [9.17, 15) is 0 Å². The summed E-state index contributed by atoms with van der Waals surface area (Å²) in [6.45, 7) is 6.83. The SMILES string of the molecule is CCCCCCC(C)C(C)Br. The zero-order valence-corrected chi connectivity index (χ0v) is 9.65. The van der Waals surface area contributed by atoms with Crippen LogP contribution in [0.3, 0.4) is 0 Å². The Morgan fingerprint density at radius 2 is 1.73 bits per heavy atom. The second kappa shape index (κ2) is 7.15. The summed E-state index contributed by atoms with van der Waals surface area (Å²) in [4.78, 5) is 0.684. The highest BCUT2D eigenvalue weighted by Gasteiger charge is 2.06. The Labute approximate surface area is 79.9 Å². The second-order valence-electron chi connectivity index (χ2n) is 3.50. The van der Waals surface area contributed by atoms with Gasteiger partial charge in [0.05, 0.1) is 0 Å². The lowest BCUT2D eigenvalue weighted by molar-refractivity contribution is 0.490. The maximum absolute atomic E-state index is 3.61. The summed E-state index contributed by atoms with van der Waals surface area (Å²) in [7, 11) is 0. The highest BCUT2D eigenvalue weighted by atomic mass is 79.9. The highest BCUT2D eigenvalue weighted by Crippen LogP contribution is 2.18. The van der Waals surface area contributed by atoms with E-state index in [0.717, 1.165) is 5.92 Å². The number of alkyl halides is 1. The molecule has 0 bridgehead atoms. The predicted molar refractivity (Wildman–Crippen MR) is 56.3 cm³/mol. The molecule has 0 N–H and O–H groups in total. The zero-order valence-electron chi connectivity index (χ0n) is 8.07. The van der Waals surface area contributed by atoms with Crippen LogP contribution in [0.25, 0.3) is 0 Å². The minimum Gasteiger partial charge on any atom is -0.0891 e. The Hall–Kier alpha value is 0.480. The van der Waals surface area contributed by atoms with Gasteiger partial charge in [-0.05, 0) is 12.3 Å². The van der Waals surface area contributed by atoms with Crippen molar-refractivity contribution in [1.82, 2.24) is 0 Å². The number of hydrogen-bond acceptors (Lipinski definition) is 0. The summed E-state index contributed by atoms with van der Waals surface area (Å²) in [6, 6.07) is 0. The predicted octanol–water partition coefficient (Wildman–Crippen LogP) is 4.38. The van der Waals surface area contributed by atoms with Crippen LogP contribution in [0, 0.1) is 5.92 Å². The standard InChI is InChI=1S/C10H21Br/c1-4-5-6-7-8-9(2)10(3)11/h9-10H,4-8H2,1-3H3. The molecule has 0 aromatic heterocycles. The third-order valence-electron chi connectivity index (χ3n) is 2.30. The van der Waals surface area contributed by atoms with Gasteiger partial charge in [-0.15, -0.1) is 0 Å². The topological polar surface area (TPSA) is 0 Å². The van der Waals surface area contributed by atoms with Crippen LogP contribution in [0.2, 0.25) is 0 Å². The van der Waals surface area contributed by atoms with E-state index in [-0.39, 0.29) is 0 Å². The molecule has 0 aromatic rings. The molecule has 0 radical (unpaired) electrons. The van der Waals surface area contributed by atoms with Crippen LogP contribution >= 0.6 is 15.9 Å². The third kappa shape index (κ3) is 6.86. The van der Waals surface area contributed by atoms with Gasteiger partial charge in [-0.25, -0.2) is 0 Å². The molecule has 0 saturated carbocycles. The van der Waals surface area contributed by atoms with Crippen LogP contribution in [0.5, 0.6) is 0 Å². The number of rotatable bonds is 6. The number of hydrogen-bond donors (Lipinski definition) is 0. The molecular weight excluding hydrogens is 200 g/mol. The quantitative estimate of drug-likeness (QED) is 0.461. The summed E-state index contributed by atoms with van der Waals surface area (Å²) in [5.41, 5.74) is 0. The van der Waals surface area contributed by atoms with Crippen molar-refractivity contribution in [3.63, 3.8) is 0 Å². The van der Waals surface area contributed by atoms with Crippen LogP contribution in [0.4, 0.5) is 0 Å². The first-order valence-corrected chi connectivity index (χ1v) is 5.74. The average molecular weight is 221 g/mol. The minimum atomic E-state index is 0.684. The fourth-order valence-electron chi connectivity index (χ4n) is 1.12. The fraction of sp³-hybridized carbons (Fsp3) is 1.00. The molecule has 0 saturated heterocycles. The van der Waals surface area contributed by atoms with Gasteiger partial charge in [0.25, 0.3) is 0 Å². The molecule has 0 aromatic carbocycles. The van der Waals surface area contributed by atoms with E-state index in [1.165, 1.54) is 32.1 Å². The molecule has 0 rings (SSSR count).